The van der Waals surface area contributed by atoms with E-state index < -0.39 is 11.0 Å². The third kappa shape index (κ3) is 5.17. The lowest BCUT2D eigenvalue weighted by atomic mass is 9.89. The minimum absolute atomic E-state index is 0.0278. The summed E-state index contributed by atoms with van der Waals surface area (Å²) in [6.45, 7) is 8.54. The number of hydrogen-bond acceptors (Lipinski definition) is 6. The van der Waals surface area contributed by atoms with Gasteiger partial charge in [0.1, 0.15) is 5.76 Å². The molecule has 1 saturated heterocycles. The first kappa shape index (κ1) is 21.6. The number of aliphatic hydroxyl groups excluding tert-OH is 1. The van der Waals surface area contributed by atoms with Crippen molar-refractivity contribution in [3.05, 3.63) is 17.5 Å². The third-order valence-corrected chi connectivity index (χ3v) is 5.68. The first-order valence-electron chi connectivity index (χ1n) is 9.52. The molecule has 152 valence electrons. The molecule has 2 rings (SSSR count). The number of nitrogens with zero attached hydrogens (tertiary/aromatic N) is 2. The van der Waals surface area contributed by atoms with Crippen LogP contribution in [0.15, 0.2) is 10.6 Å². The molecule has 0 aromatic carbocycles. The van der Waals surface area contributed by atoms with E-state index in [1.807, 2.05) is 13.8 Å². The van der Waals surface area contributed by atoms with Crippen molar-refractivity contribution in [1.82, 2.24) is 10.1 Å². The molecule has 0 bridgehead atoms. The predicted octanol–water partition coefficient (Wildman–Crippen LogP) is 2.11. The van der Waals surface area contributed by atoms with Gasteiger partial charge in [0.05, 0.1) is 24.3 Å². The SMILES string of the molecule is CN(C(=O)CC1CCOCC1)C(C)(C)C(=O)Cc1cc(C(C)(C)CO)no1. The molecule has 7 heteroatoms. The molecule has 1 N–H and O–H groups in total. The molecule has 1 aromatic heterocycles. The van der Waals surface area contributed by atoms with Gasteiger partial charge in [-0.3, -0.25) is 9.59 Å². The molecule has 0 spiro atoms. The quantitative estimate of drug-likeness (QED) is 0.742. The Kier molecular flexibility index (Phi) is 6.81. The van der Waals surface area contributed by atoms with Gasteiger partial charge in [-0.2, -0.15) is 0 Å². The number of aromatic nitrogens is 1. The van der Waals surface area contributed by atoms with E-state index in [9.17, 15) is 14.7 Å². The average Bonchev–Trinajstić information content (AvgIpc) is 3.11. The van der Waals surface area contributed by atoms with Gasteiger partial charge in [-0.05, 0) is 32.6 Å². The van der Waals surface area contributed by atoms with E-state index in [4.69, 9.17) is 9.26 Å². The average molecular weight is 380 g/mol. The van der Waals surface area contributed by atoms with E-state index in [1.165, 1.54) is 0 Å². The molecule has 1 amide bonds. The lowest BCUT2D eigenvalue weighted by Gasteiger charge is -2.35. The van der Waals surface area contributed by atoms with Crippen molar-refractivity contribution >= 4 is 11.7 Å². The molecule has 27 heavy (non-hydrogen) atoms. The van der Waals surface area contributed by atoms with Crippen molar-refractivity contribution in [3.8, 4) is 0 Å². The maximum Gasteiger partial charge on any atom is 0.223 e. The Balaban J connectivity index is 1.99. The van der Waals surface area contributed by atoms with Crippen LogP contribution in [0.1, 0.15) is 58.4 Å². The van der Waals surface area contributed by atoms with E-state index in [2.05, 4.69) is 5.16 Å². The Morgan fingerprint density at radius 2 is 1.89 bits per heavy atom. The zero-order chi connectivity index (χ0) is 20.2. The Morgan fingerprint density at radius 3 is 2.48 bits per heavy atom. The van der Waals surface area contributed by atoms with Gasteiger partial charge in [0.2, 0.25) is 5.91 Å². The first-order valence-corrected chi connectivity index (χ1v) is 9.52. The second kappa shape index (κ2) is 8.52. The largest absolute Gasteiger partial charge is 0.395 e. The molecule has 1 aromatic rings. The van der Waals surface area contributed by atoms with Gasteiger partial charge < -0.3 is 19.3 Å². The summed E-state index contributed by atoms with van der Waals surface area (Å²) in [6, 6.07) is 1.70. The second-order valence-electron chi connectivity index (χ2n) is 8.59. The summed E-state index contributed by atoms with van der Waals surface area (Å²) >= 11 is 0. The summed E-state index contributed by atoms with van der Waals surface area (Å²) in [5.41, 5.74) is -0.868. The molecule has 0 saturated carbocycles. The molecule has 0 aliphatic carbocycles. The Labute approximate surface area is 161 Å². The third-order valence-electron chi connectivity index (χ3n) is 5.68. The maximum atomic E-state index is 12.8. The molecule has 2 heterocycles. The van der Waals surface area contributed by atoms with E-state index in [-0.39, 0.29) is 24.7 Å². The standard InChI is InChI=1S/C20H32N2O5/c1-19(2,13-23)16-11-15(27-21-16)12-17(24)20(3,4)22(5)18(25)10-14-6-8-26-9-7-14/h11,14,23H,6-10,12-13H2,1-5H3. The van der Waals surface area contributed by atoms with Crippen LogP contribution in [0.25, 0.3) is 0 Å². The number of aliphatic hydroxyl groups is 1. The van der Waals surface area contributed by atoms with Gasteiger partial charge in [-0.15, -0.1) is 0 Å². The van der Waals surface area contributed by atoms with E-state index in [1.54, 1.807) is 31.9 Å². The fourth-order valence-corrected chi connectivity index (χ4v) is 3.00. The van der Waals surface area contributed by atoms with Gasteiger partial charge in [0.25, 0.3) is 0 Å². The fourth-order valence-electron chi connectivity index (χ4n) is 3.00. The summed E-state index contributed by atoms with van der Waals surface area (Å²) < 4.78 is 10.6. The van der Waals surface area contributed by atoms with Crippen LogP contribution < -0.4 is 0 Å². The Bertz CT molecular complexity index is 659. The lowest BCUT2D eigenvalue weighted by Crippen LogP contribution is -2.51. The van der Waals surface area contributed by atoms with Gasteiger partial charge in [-0.25, -0.2) is 0 Å². The molecular weight excluding hydrogens is 348 g/mol. The number of likely N-dealkylation sites (N-methyl/N-ethyl adjacent to an activating group) is 1. The summed E-state index contributed by atoms with van der Waals surface area (Å²) in [6.07, 6.45) is 2.26. The Morgan fingerprint density at radius 1 is 1.26 bits per heavy atom. The number of Topliss-reactive ketones (excluding diaryl/α,β-unsaturated/α-hetero) is 1. The van der Waals surface area contributed by atoms with Crippen LogP contribution in [0.3, 0.4) is 0 Å². The molecule has 7 nitrogen and oxygen atoms in total. The highest BCUT2D eigenvalue weighted by Gasteiger charge is 2.36. The van der Waals surface area contributed by atoms with Crippen LogP contribution in [0.4, 0.5) is 0 Å². The number of ketones is 1. The van der Waals surface area contributed by atoms with Crippen molar-refractivity contribution in [3.63, 3.8) is 0 Å². The van der Waals surface area contributed by atoms with Crippen molar-refractivity contribution in [1.29, 1.82) is 0 Å². The monoisotopic (exact) mass is 380 g/mol. The van der Waals surface area contributed by atoms with Crippen LogP contribution in [-0.2, 0) is 26.2 Å². The Hall–Kier alpha value is -1.73. The zero-order valence-electron chi connectivity index (χ0n) is 17.1. The van der Waals surface area contributed by atoms with Gasteiger partial charge in [0, 0.05) is 38.2 Å². The second-order valence-corrected chi connectivity index (χ2v) is 8.59. The summed E-state index contributed by atoms with van der Waals surface area (Å²) in [7, 11) is 1.68. The minimum atomic E-state index is -0.943. The molecule has 0 atom stereocenters. The number of carbonyl (C=O) groups is 2. The number of amides is 1. The van der Waals surface area contributed by atoms with Crippen molar-refractivity contribution in [2.24, 2.45) is 5.92 Å². The van der Waals surface area contributed by atoms with Crippen LogP contribution in [0.2, 0.25) is 0 Å². The van der Waals surface area contributed by atoms with E-state index in [0.29, 0.717) is 37.0 Å². The topological polar surface area (TPSA) is 92.9 Å². The van der Waals surface area contributed by atoms with Gasteiger partial charge in [-0.1, -0.05) is 19.0 Å². The van der Waals surface area contributed by atoms with Crippen LogP contribution >= 0.6 is 0 Å². The zero-order valence-corrected chi connectivity index (χ0v) is 17.1. The van der Waals surface area contributed by atoms with Gasteiger partial charge in [0.15, 0.2) is 5.78 Å². The van der Waals surface area contributed by atoms with Crippen LogP contribution in [-0.4, -0.2) is 59.3 Å². The van der Waals surface area contributed by atoms with E-state index >= 15 is 0 Å². The number of carbonyl (C=O) groups excluding carboxylic acids is 2. The first-order chi connectivity index (χ1) is 12.6. The predicted molar refractivity (Wildman–Crippen MR) is 100 cm³/mol. The molecule has 0 unspecified atom stereocenters. The number of ether oxygens (including phenoxy) is 1. The van der Waals surface area contributed by atoms with Crippen molar-refractivity contribution in [2.45, 2.75) is 64.3 Å². The summed E-state index contributed by atoms with van der Waals surface area (Å²) in [5.74, 6) is 0.613. The van der Waals surface area contributed by atoms with Crippen molar-refractivity contribution < 1.29 is 24.0 Å². The fraction of sp³-hybridized carbons (Fsp3) is 0.750. The van der Waals surface area contributed by atoms with E-state index in [0.717, 1.165) is 12.8 Å². The molecule has 1 aliphatic rings. The normalized spacial score (nSPS) is 16.4. The molecule has 1 aliphatic heterocycles. The highest BCUT2D eigenvalue weighted by Crippen LogP contribution is 2.25. The highest BCUT2D eigenvalue weighted by atomic mass is 16.5. The highest BCUT2D eigenvalue weighted by molar-refractivity contribution is 5.93. The summed E-state index contributed by atoms with van der Waals surface area (Å²) in [5, 5.41) is 13.4. The molecule has 0 radical (unpaired) electrons. The summed E-state index contributed by atoms with van der Waals surface area (Å²) in [4.78, 5) is 27.0. The maximum absolute atomic E-state index is 12.8. The van der Waals surface area contributed by atoms with Crippen LogP contribution in [0.5, 0.6) is 0 Å². The molecular formula is C20H32N2O5. The number of hydrogen-bond donors (Lipinski definition) is 1. The van der Waals surface area contributed by atoms with Crippen molar-refractivity contribution in [2.75, 3.05) is 26.9 Å². The van der Waals surface area contributed by atoms with Crippen LogP contribution in [0, 0.1) is 5.92 Å². The molecule has 1 fully saturated rings. The van der Waals surface area contributed by atoms with Gasteiger partial charge >= 0.3 is 0 Å². The smallest absolute Gasteiger partial charge is 0.223 e. The lowest BCUT2D eigenvalue weighted by molar-refractivity contribution is -0.144. The number of rotatable bonds is 8. The minimum Gasteiger partial charge on any atom is -0.395 e.